The number of hydrogen-bond acceptors (Lipinski definition) is 3. The van der Waals surface area contributed by atoms with Crippen LogP contribution in [0.3, 0.4) is 0 Å². The van der Waals surface area contributed by atoms with Crippen LogP contribution in [-0.2, 0) is 0 Å². The van der Waals surface area contributed by atoms with Gasteiger partial charge < -0.3 is 5.11 Å². The number of ketones is 1. The number of nitrogens with zero attached hydrogens (tertiary/aromatic N) is 1. The van der Waals surface area contributed by atoms with Crippen molar-refractivity contribution in [2.45, 2.75) is 25.4 Å². The normalized spacial score (nSPS) is 19.7. The Balaban J connectivity index is 1.90. The number of carbonyl (C=O) groups excluding carboxylic acids is 1. The highest BCUT2D eigenvalue weighted by Crippen LogP contribution is 2.21. The molecule has 1 fully saturated rings. The van der Waals surface area contributed by atoms with E-state index in [-0.39, 0.29) is 5.78 Å². The van der Waals surface area contributed by atoms with Gasteiger partial charge in [-0.15, -0.1) is 0 Å². The van der Waals surface area contributed by atoms with Gasteiger partial charge in [-0.05, 0) is 31.9 Å². The van der Waals surface area contributed by atoms with Gasteiger partial charge in [-0.2, -0.15) is 0 Å². The third kappa shape index (κ3) is 3.64. The highest BCUT2D eigenvalue weighted by molar-refractivity contribution is 9.10. The van der Waals surface area contributed by atoms with Crippen LogP contribution in [0.5, 0.6) is 0 Å². The predicted octanol–water partition coefficient (Wildman–Crippen LogP) is 2.48. The molecule has 0 radical (unpaired) electrons. The first-order valence-electron chi connectivity index (χ1n) is 6.20. The van der Waals surface area contributed by atoms with E-state index in [0.29, 0.717) is 6.54 Å². The molecule has 98 valence electrons. The second-order valence-corrected chi connectivity index (χ2v) is 6.12. The average Bonchev–Trinajstić information content (AvgIpc) is 2.33. The van der Waals surface area contributed by atoms with Gasteiger partial charge in [0.15, 0.2) is 5.78 Å². The van der Waals surface area contributed by atoms with Gasteiger partial charge in [0, 0.05) is 23.1 Å². The smallest absolute Gasteiger partial charge is 0.176 e. The van der Waals surface area contributed by atoms with E-state index in [2.05, 4.69) is 20.8 Å². The largest absolute Gasteiger partial charge is 0.390 e. The van der Waals surface area contributed by atoms with Crippen molar-refractivity contribution in [1.29, 1.82) is 0 Å². The van der Waals surface area contributed by atoms with Crippen LogP contribution in [0.15, 0.2) is 28.7 Å². The molecule has 1 aliphatic heterocycles. The molecule has 2 rings (SSSR count). The van der Waals surface area contributed by atoms with Crippen molar-refractivity contribution in [3.8, 4) is 0 Å². The molecule has 1 N–H and O–H groups in total. The van der Waals surface area contributed by atoms with Crippen LogP contribution in [0, 0.1) is 0 Å². The number of carbonyl (C=O) groups is 1. The number of benzene rings is 1. The summed E-state index contributed by atoms with van der Waals surface area (Å²) in [6.45, 7) is 3.88. The van der Waals surface area contributed by atoms with Crippen molar-refractivity contribution in [3.05, 3.63) is 34.3 Å². The van der Waals surface area contributed by atoms with Crippen molar-refractivity contribution in [2.75, 3.05) is 19.6 Å². The fourth-order valence-corrected chi connectivity index (χ4v) is 2.39. The van der Waals surface area contributed by atoms with E-state index in [9.17, 15) is 9.90 Å². The third-order valence-electron chi connectivity index (χ3n) is 3.47. The molecule has 0 atom stereocenters. The summed E-state index contributed by atoms with van der Waals surface area (Å²) < 4.78 is 0.980. The Morgan fingerprint density at radius 2 is 1.89 bits per heavy atom. The molecule has 0 aliphatic carbocycles. The van der Waals surface area contributed by atoms with Gasteiger partial charge in [-0.3, -0.25) is 9.69 Å². The number of rotatable bonds is 3. The molecule has 3 nitrogen and oxygen atoms in total. The Kier molecular flexibility index (Phi) is 4.20. The van der Waals surface area contributed by atoms with Crippen molar-refractivity contribution in [2.24, 2.45) is 0 Å². The second-order valence-electron chi connectivity index (χ2n) is 5.20. The van der Waals surface area contributed by atoms with Crippen LogP contribution in [0.1, 0.15) is 30.1 Å². The summed E-state index contributed by atoms with van der Waals surface area (Å²) in [5.41, 5.74) is 0.187. The standard InChI is InChI=1S/C14H18BrNO2/c1-14(18)6-8-16(9-7-14)10-13(17)11-2-4-12(15)5-3-11/h2-5,18H,6-10H2,1H3. The quantitative estimate of drug-likeness (QED) is 0.872. The zero-order valence-corrected chi connectivity index (χ0v) is 12.1. The van der Waals surface area contributed by atoms with Crippen LogP contribution < -0.4 is 0 Å². The zero-order valence-electron chi connectivity index (χ0n) is 10.5. The molecule has 1 aromatic rings. The maximum Gasteiger partial charge on any atom is 0.176 e. The van der Waals surface area contributed by atoms with Gasteiger partial charge >= 0.3 is 0 Å². The minimum atomic E-state index is -0.558. The topological polar surface area (TPSA) is 40.5 Å². The molecule has 0 amide bonds. The van der Waals surface area contributed by atoms with Crippen molar-refractivity contribution in [1.82, 2.24) is 4.90 Å². The third-order valence-corrected chi connectivity index (χ3v) is 4.00. The molecular formula is C14H18BrNO2. The summed E-state index contributed by atoms with van der Waals surface area (Å²) in [6.07, 6.45) is 1.47. The van der Waals surface area contributed by atoms with E-state index in [4.69, 9.17) is 0 Å². The summed E-state index contributed by atoms with van der Waals surface area (Å²) in [6, 6.07) is 7.45. The van der Waals surface area contributed by atoms with E-state index in [0.717, 1.165) is 36.0 Å². The van der Waals surface area contributed by atoms with Crippen LogP contribution in [0.4, 0.5) is 0 Å². The Morgan fingerprint density at radius 3 is 2.44 bits per heavy atom. The summed E-state index contributed by atoms with van der Waals surface area (Å²) in [4.78, 5) is 14.2. The highest BCUT2D eigenvalue weighted by atomic mass is 79.9. The van der Waals surface area contributed by atoms with Crippen molar-refractivity contribution in [3.63, 3.8) is 0 Å². The molecule has 0 aromatic heterocycles. The molecule has 0 saturated carbocycles. The number of halogens is 1. The maximum absolute atomic E-state index is 12.1. The summed E-state index contributed by atoms with van der Waals surface area (Å²) in [5.74, 6) is 0.143. The van der Waals surface area contributed by atoms with Crippen LogP contribution in [0.2, 0.25) is 0 Å². The van der Waals surface area contributed by atoms with Gasteiger partial charge in [0.05, 0.1) is 12.1 Å². The number of hydrogen-bond donors (Lipinski definition) is 1. The van der Waals surface area contributed by atoms with Crippen molar-refractivity contribution < 1.29 is 9.90 Å². The molecular weight excluding hydrogens is 294 g/mol. The van der Waals surface area contributed by atoms with E-state index in [1.54, 1.807) is 0 Å². The Bertz CT molecular complexity index is 418. The second kappa shape index (κ2) is 5.51. The van der Waals surface area contributed by atoms with Crippen molar-refractivity contribution >= 4 is 21.7 Å². The van der Waals surface area contributed by atoms with Gasteiger partial charge in [0.25, 0.3) is 0 Å². The monoisotopic (exact) mass is 311 g/mol. The van der Waals surface area contributed by atoms with Gasteiger partial charge in [-0.25, -0.2) is 0 Å². The fourth-order valence-electron chi connectivity index (χ4n) is 2.12. The number of likely N-dealkylation sites (tertiary alicyclic amines) is 1. The first kappa shape index (κ1) is 13.7. The Morgan fingerprint density at radius 1 is 1.33 bits per heavy atom. The maximum atomic E-state index is 12.1. The minimum absolute atomic E-state index is 0.143. The summed E-state index contributed by atoms with van der Waals surface area (Å²) in [7, 11) is 0. The Labute approximate surface area is 116 Å². The minimum Gasteiger partial charge on any atom is -0.390 e. The SMILES string of the molecule is CC1(O)CCN(CC(=O)c2ccc(Br)cc2)CC1. The lowest BCUT2D eigenvalue weighted by atomic mass is 9.93. The Hall–Kier alpha value is -0.710. The fraction of sp³-hybridized carbons (Fsp3) is 0.500. The highest BCUT2D eigenvalue weighted by Gasteiger charge is 2.28. The van der Waals surface area contributed by atoms with Gasteiger partial charge in [0.1, 0.15) is 0 Å². The lowest BCUT2D eigenvalue weighted by Crippen LogP contribution is -2.44. The van der Waals surface area contributed by atoms with E-state index < -0.39 is 5.60 Å². The average molecular weight is 312 g/mol. The van der Waals surface area contributed by atoms with Gasteiger partial charge in [0.2, 0.25) is 0 Å². The molecule has 0 spiro atoms. The molecule has 0 bridgehead atoms. The van der Waals surface area contributed by atoms with Gasteiger partial charge in [-0.1, -0.05) is 28.1 Å². The number of aliphatic hydroxyl groups is 1. The molecule has 1 heterocycles. The number of Topliss-reactive ketones (excluding diaryl/α,β-unsaturated/α-hetero) is 1. The molecule has 1 saturated heterocycles. The molecule has 0 unspecified atom stereocenters. The lowest BCUT2D eigenvalue weighted by molar-refractivity contribution is -0.00420. The molecule has 18 heavy (non-hydrogen) atoms. The van der Waals surface area contributed by atoms with E-state index >= 15 is 0 Å². The predicted molar refractivity (Wildman–Crippen MR) is 74.8 cm³/mol. The van der Waals surface area contributed by atoms with E-state index in [1.807, 2.05) is 31.2 Å². The lowest BCUT2D eigenvalue weighted by Gasteiger charge is -2.35. The van der Waals surface area contributed by atoms with Crippen LogP contribution >= 0.6 is 15.9 Å². The van der Waals surface area contributed by atoms with E-state index in [1.165, 1.54) is 0 Å². The molecule has 1 aliphatic rings. The molecule has 4 heteroatoms. The summed E-state index contributed by atoms with van der Waals surface area (Å²) >= 11 is 3.36. The first-order valence-corrected chi connectivity index (χ1v) is 6.99. The first-order chi connectivity index (χ1) is 8.46. The van der Waals surface area contributed by atoms with Crippen LogP contribution in [-0.4, -0.2) is 41.0 Å². The zero-order chi connectivity index (χ0) is 13.2. The summed E-state index contributed by atoms with van der Waals surface area (Å²) in [5, 5.41) is 9.86. The number of piperidine rings is 1. The molecule has 1 aromatic carbocycles. The van der Waals surface area contributed by atoms with Crippen LogP contribution in [0.25, 0.3) is 0 Å².